The largest absolute Gasteiger partial charge is 0.497 e. The predicted molar refractivity (Wildman–Crippen MR) is 217 cm³/mol. The summed E-state index contributed by atoms with van der Waals surface area (Å²) < 4.78 is 107. The topological polar surface area (TPSA) is 195 Å². The number of ether oxygens (including phenoxy) is 3. The van der Waals surface area contributed by atoms with E-state index in [1.54, 1.807) is 33.8 Å². The number of benzene rings is 1. The van der Waals surface area contributed by atoms with Crippen molar-refractivity contribution < 1.29 is 59.4 Å². The Morgan fingerprint density at radius 2 is 1.81 bits per heavy atom. The standard InChI is InChI=1S/C43H52F4N6O9S/c1-6-24-31-20-53(32(24)36(54)51-42(19-27(42)35(44)45)39(56)52-63(58,59)23-12-13-23)38(55)34(41(2,3)4)50-40(57)62-30-17-21-10-14-25(21)26(30)9-7-8-16-43(46,47)33-37(61-31)49-29-18-22(60-5)11-15-28(29)48-33/h11,15,18,21,23-27,30-32,34-35H,6-9,12-13,16-17,19-20H2,1-5H3,(H,50,57)(H,51,54)(H,52,56)/t21-,24+,25-,26+,27-,30+,31-,32-,34+,42+/m0/s1. The molecule has 0 radical (unpaired) electrons. The van der Waals surface area contributed by atoms with Gasteiger partial charge in [0.25, 0.3) is 11.8 Å². The normalized spacial score (nSPS) is 32.8. The molecule has 4 amide bonds. The van der Waals surface area contributed by atoms with Gasteiger partial charge < -0.3 is 29.7 Å². The van der Waals surface area contributed by atoms with Gasteiger partial charge in [-0.1, -0.05) is 46.0 Å². The quantitative estimate of drug-likeness (QED) is 0.243. The molecule has 4 aliphatic carbocycles. The van der Waals surface area contributed by atoms with E-state index in [4.69, 9.17) is 14.2 Å². The van der Waals surface area contributed by atoms with Gasteiger partial charge in [-0.15, -0.1) is 0 Å². The van der Waals surface area contributed by atoms with E-state index in [2.05, 4.69) is 32.4 Å². The van der Waals surface area contributed by atoms with Crippen molar-refractivity contribution in [2.24, 2.45) is 35.0 Å². The van der Waals surface area contributed by atoms with E-state index >= 15 is 13.6 Å². The van der Waals surface area contributed by atoms with Gasteiger partial charge in [0.1, 0.15) is 35.6 Å². The molecule has 1 saturated heterocycles. The number of carbonyl (C=O) groups is 4. The highest BCUT2D eigenvalue weighted by atomic mass is 32.2. The summed E-state index contributed by atoms with van der Waals surface area (Å²) in [5.41, 5.74) is -3.88. The van der Waals surface area contributed by atoms with Crippen LogP contribution in [0.4, 0.5) is 22.4 Å². The molecule has 0 unspecified atom stereocenters. The summed E-state index contributed by atoms with van der Waals surface area (Å²) in [7, 11) is -2.81. The van der Waals surface area contributed by atoms with Gasteiger partial charge in [-0.2, -0.15) is 8.78 Å². The van der Waals surface area contributed by atoms with Gasteiger partial charge >= 0.3 is 6.09 Å². The van der Waals surface area contributed by atoms with Crippen molar-refractivity contribution in [2.45, 2.75) is 133 Å². The maximum Gasteiger partial charge on any atom is 0.408 e. The molecule has 3 heterocycles. The van der Waals surface area contributed by atoms with Gasteiger partial charge in [-0.05, 0) is 62.5 Å². The fourth-order valence-electron chi connectivity index (χ4n) is 9.70. The number of halogens is 4. The van der Waals surface area contributed by atoms with Crippen LogP contribution in [0.3, 0.4) is 0 Å². The van der Waals surface area contributed by atoms with Crippen molar-refractivity contribution in [3.05, 3.63) is 23.9 Å². The zero-order chi connectivity index (χ0) is 45.4. The predicted octanol–water partition coefficient (Wildman–Crippen LogP) is 4.82. The highest BCUT2D eigenvalue weighted by Crippen LogP contribution is 2.50. The lowest BCUT2D eigenvalue weighted by Gasteiger charge is -2.36. The third-order valence-corrected chi connectivity index (χ3v) is 15.4. The molecule has 15 nitrogen and oxygen atoms in total. The van der Waals surface area contributed by atoms with Crippen LogP contribution in [0.25, 0.3) is 11.0 Å². The maximum absolute atomic E-state index is 16.6. The molecule has 3 N–H and O–H groups in total. The summed E-state index contributed by atoms with van der Waals surface area (Å²) in [5.74, 6) is -3.97. The Morgan fingerprint density at radius 1 is 1.06 bits per heavy atom. The Morgan fingerprint density at radius 3 is 2.43 bits per heavy atom. The summed E-state index contributed by atoms with van der Waals surface area (Å²) in [6, 6.07) is 1.55. The fraction of sp³-hybridized carbons (Fsp3) is 0.674. The van der Waals surface area contributed by atoms with Crippen molar-refractivity contribution >= 4 is 44.9 Å². The van der Waals surface area contributed by atoms with E-state index in [0.717, 1.165) is 4.90 Å². The minimum absolute atomic E-state index is 0.0308. The van der Waals surface area contributed by atoms with E-state index in [1.165, 1.54) is 19.2 Å². The molecule has 20 heteroatoms. The number of sulfonamides is 1. The van der Waals surface area contributed by atoms with Crippen LogP contribution >= 0.6 is 0 Å². The van der Waals surface area contributed by atoms with Crippen LogP contribution in [0.5, 0.6) is 11.6 Å². The second-order valence-electron chi connectivity index (χ2n) is 18.8. The lowest BCUT2D eigenvalue weighted by atomic mass is 9.81. The Balaban J connectivity index is 1.20. The first-order chi connectivity index (χ1) is 29.7. The lowest BCUT2D eigenvalue weighted by Crippen LogP contribution is -2.61. The van der Waals surface area contributed by atoms with E-state index in [9.17, 15) is 31.6 Å². The number of nitrogens with one attached hydrogen (secondary N) is 3. The van der Waals surface area contributed by atoms with E-state index in [1.807, 2.05) is 4.72 Å². The highest BCUT2D eigenvalue weighted by molar-refractivity contribution is 7.91. The van der Waals surface area contributed by atoms with Crippen LogP contribution in [-0.2, 0) is 35.1 Å². The highest BCUT2D eigenvalue weighted by Gasteiger charge is 2.67. The van der Waals surface area contributed by atoms with Crippen molar-refractivity contribution in [3.8, 4) is 23.5 Å². The molecule has 342 valence electrons. The number of hydrogen-bond donors (Lipinski definition) is 3. The van der Waals surface area contributed by atoms with Gasteiger partial charge in [0.15, 0.2) is 5.69 Å². The number of alkyl carbamates (subject to hydrolysis) is 1. The molecule has 63 heavy (non-hydrogen) atoms. The molecule has 3 saturated carbocycles. The van der Waals surface area contributed by atoms with Crippen LogP contribution < -0.4 is 24.8 Å². The minimum atomic E-state index is -4.23. The van der Waals surface area contributed by atoms with Gasteiger partial charge in [-0.25, -0.2) is 32.0 Å². The van der Waals surface area contributed by atoms with Crippen LogP contribution in [0.15, 0.2) is 18.2 Å². The number of methoxy groups -OCH3 is 1. The first-order valence-electron chi connectivity index (χ1n) is 21.5. The number of alkyl halides is 4. The molecular weight excluding hydrogens is 853 g/mol. The van der Waals surface area contributed by atoms with Gasteiger partial charge in [-0.3, -0.25) is 19.1 Å². The van der Waals surface area contributed by atoms with E-state index < -0.39 is 129 Å². The number of fused-ring (bicyclic) bond motifs is 7. The second kappa shape index (κ2) is 16.3. The fourth-order valence-corrected chi connectivity index (χ4v) is 11.1. The Hall–Kier alpha value is -4.93. The van der Waals surface area contributed by atoms with Crippen molar-refractivity contribution in [1.82, 2.24) is 30.2 Å². The monoisotopic (exact) mass is 904 g/mol. The summed E-state index contributed by atoms with van der Waals surface area (Å²) in [6.07, 6.45) is -5.29. The Kier molecular flexibility index (Phi) is 11.5. The zero-order valence-electron chi connectivity index (χ0n) is 35.6. The SMILES string of the molecule is CC[C@@H]1[C@@H]2CN(C(=O)[C@H](C(C)(C)C)NC(=O)O[C@@H]3C[C@@H]4C#C[C@@H]4[C@H]3CCCCC(F)(F)c3nc4ccc(OC)cc4nc3O2)[C@@H]1C(=O)N[C@]1(C(=O)NS(=O)(=O)C2CC2)C[C@H]1C(F)F. The van der Waals surface area contributed by atoms with Crippen molar-refractivity contribution in [1.29, 1.82) is 0 Å². The third-order valence-electron chi connectivity index (χ3n) is 13.5. The Labute approximate surface area is 362 Å². The molecule has 2 aromatic rings. The number of nitrogens with zero attached hydrogens (tertiary/aromatic N) is 3. The molecule has 6 aliphatic rings. The smallest absolute Gasteiger partial charge is 0.408 e. The zero-order valence-corrected chi connectivity index (χ0v) is 36.4. The number of rotatable bonds is 8. The maximum atomic E-state index is 16.6. The van der Waals surface area contributed by atoms with Crippen LogP contribution in [0, 0.1) is 46.8 Å². The minimum Gasteiger partial charge on any atom is -0.497 e. The number of carbonyl (C=O) groups excluding carboxylic acids is 4. The summed E-state index contributed by atoms with van der Waals surface area (Å²) in [6.45, 7) is 6.23. The van der Waals surface area contributed by atoms with Crippen LogP contribution in [0.2, 0.25) is 0 Å². The molecular formula is C43H52F4N6O9S. The molecule has 10 atom stereocenters. The van der Waals surface area contributed by atoms with Crippen LogP contribution in [-0.4, -0.2) is 102 Å². The second-order valence-corrected chi connectivity index (χ2v) is 20.8. The first kappa shape index (κ1) is 44.7. The molecule has 8 rings (SSSR count). The average Bonchev–Trinajstić information content (AvgIpc) is 4.13. The van der Waals surface area contributed by atoms with Crippen molar-refractivity contribution in [2.75, 3.05) is 13.7 Å². The summed E-state index contributed by atoms with van der Waals surface area (Å²) >= 11 is 0. The van der Waals surface area contributed by atoms with Gasteiger partial charge in [0.2, 0.25) is 34.1 Å². The van der Waals surface area contributed by atoms with Gasteiger partial charge in [0.05, 0.1) is 35.9 Å². The number of hydrogen-bond acceptors (Lipinski definition) is 11. The third kappa shape index (κ3) is 8.46. The van der Waals surface area contributed by atoms with Crippen LogP contribution in [0.1, 0.15) is 91.2 Å². The van der Waals surface area contributed by atoms with Gasteiger partial charge in [0, 0.05) is 36.2 Å². The molecule has 1 aromatic heterocycles. The molecule has 2 bridgehead atoms. The molecule has 4 fully saturated rings. The molecule has 1 aromatic carbocycles. The Bertz CT molecular complexity index is 2370. The van der Waals surface area contributed by atoms with E-state index in [-0.39, 0.29) is 54.5 Å². The average molecular weight is 905 g/mol. The summed E-state index contributed by atoms with van der Waals surface area (Å²) in [5, 5.41) is 4.25. The number of aromatic nitrogens is 2. The number of amides is 4. The molecule has 2 aliphatic heterocycles. The van der Waals surface area contributed by atoms with Crippen molar-refractivity contribution in [3.63, 3.8) is 0 Å². The lowest BCUT2D eigenvalue weighted by molar-refractivity contribution is -0.144. The first-order valence-corrected chi connectivity index (χ1v) is 23.1. The molecule has 0 spiro atoms. The van der Waals surface area contributed by atoms with E-state index in [0.29, 0.717) is 25.0 Å². The summed E-state index contributed by atoms with van der Waals surface area (Å²) in [4.78, 5) is 67.1.